The zero-order valence-electron chi connectivity index (χ0n) is 33.5. The molecule has 0 spiro atoms. The van der Waals surface area contributed by atoms with Gasteiger partial charge in [-0.25, -0.2) is 0 Å². The molecule has 4 aliphatic rings. The summed E-state index contributed by atoms with van der Waals surface area (Å²) in [4.78, 5) is 30.9. The molecule has 0 radical (unpaired) electrons. The predicted octanol–water partition coefficient (Wildman–Crippen LogP) is 8.29. The lowest BCUT2D eigenvalue weighted by atomic mass is 9.99. The van der Waals surface area contributed by atoms with Crippen molar-refractivity contribution in [2.75, 3.05) is 79.4 Å². The Balaban J connectivity index is 0.000000172. The van der Waals surface area contributed by atoms with E-state index in [1.165, 1.54) is 12.8 Å². The Kier molecular flexibility index (Phi) is 13.1. The molecular formula is C47H56N2O7. The van der Waals surface area contributed by atoms with Crippen molar-refractivity contribution in [2.24, 2.45) is 0 Å². The van der Waals surface area contributed by atoms with Gasteiger partial charge in [0.15, 0.2) is 11.6 Å². The van der Waals surface area contributed by atoms with Crippen LogP contribution in [0.15, 0.2) is 60.7 Å². The molecule has 2 aliphatic carbocycles. The summed E-state index contributed by atoms with van der Waals surface area (Å²) >= 11 is 0. The van der Waals surface area contributed by atoms with Crippen LogP contribution in [0.25, 0.3) is 22.3 Å². The van der Waals surface area contributed by atoms with Crippen LogP contribution in [0.4, 0.5) is 0 Å². The number of hydrogen-bond donors (Lipinski definition) is 0. The van der Waals surface area contributed by atoms with Gasteiger partial charge in [-0.2, -0.15) is 0 Å². The number of methoxy groups -OCH3 is 1. The quantitative estimate of drug-likeness (QED) is 0.103. The number of hydrogen-bond acceptors (Lipinski definition) is 9. The number of ether oxygens (including phenoxy) is 5. The first kappa shape index (κ1) is 39.5. The molecule has 0 N–H and O–H groups in total. The fraction of sp³-hybridized carbons (Fsp3) is 0.447. The van der Waals surface area contributed by atoms with Crippen LogP contribution in [0.3, 0.4) is 0 Å². The van der Waals surface area contributed by atoms with Crippen molar-refractivity contribution in [3.63, 3.8) is 0 Å². The third kappa shape index (κ3) is 8.36. The van der Waals surface area contributed by atoms with Crippen molar-refractivity contribution in [1.82, 2.24) is 9.80 Å². The summed E-state index contributed by atoms with van der Waals surface area (Å²) in [6.07, 6.45) is 6.49. The third-order valence-electron chi connectivity index (χ3n) is 11.1. The summed E-state index contributed by atoms with van der Waals surface area (Å²) < 4.78 is 29.4. The van der Waals surface area contributed by atoms with Gasteiger partial charge in [0, 0.05) is 70.7 Å². The molecule has 0 bridgehead atoms. The highest BCUT2D eigenvalue weighted by Crippen LogP contribution is 2.49. The van der Waals surface area contributed by atoms with Gasteiger partial charge in [-0.05, 0) is 93.2 Å². The van der Waals surface area contributed by atoms with Gasteiger partial charge in [0.2, 0.25) is 0 Å². The Morgan fingerprint density at radius 3 is 1.55 bits per heavy atom. The van der Waals surface area contributed by atoms with E-state index in [0.29, 0.717) is 25.4 Å². The van der Waals surface area contributed by atoms with E-state index in [9.17, 15) is 9.59 Å². The molecule has 56 heavy (non-hydrogen) atoms. The summed E-state index contributed by atoms with van der Waals surface area (Å²) in [7, 11) is 1.67. The number of fused-ring (bicyclic) bond motifs is 6. The predicted molar refractivity (Wildman–Crippen MR) is 220 cm³/mol. The SMILES string of the molecule is CCCc1cc(OC)c2c(c1)C(=O)c1cccc(OCCN3CCCC3)c1-2.CCCc1cc(OCC)c2c(c1)C(=O)c1cccc(OCCN3CCOCC3)c1-2. The fourth-order valence-electron chi connectivity index (χ4n) is 8.40. The lowest BCUT2D eigenvalue weighted by Gasteiger charge is -2.26. The highest BCUT2D eigenvalue weighted by Gasteiger charge is 2.34. The largest absolute Gasteiger partial charge is 0.496 e. The number of nitrogens with zero attached hydrogens (tertiary/aromatic N) is 2. The molecule has 0 unspecified atom stereocenters. The van der Waals surface area contributed by atoms with Gasteiger partial charge in [-0.3, -0.25) is 19.4 Å². The first-order valence-corrected chi connectivity index (χ1v) is 20.6. The molecule has 0 aromatic heterocycles. The van der Waals surface area contributed by atoms with Gasteiger partial charge in [-0.15, -0.1) is 0 Å². The van der Waals surface area contributed by atoms with E-state index in [4.69, 9.17) is 23.7 Å². The van der Waals surface area contributed by atoms with E-state index in [1.807, 2.05) is 55.5 Å². The summed E-state index contributed by atoms with van der Waals surface area (Å²) in [6.45, 7) is 15.6. The molecule has 8 rings (SSSR count). The second kappa shape index (κ2) is 18.5. The summed E-state index contributed by atoms with van der Waals surface area (Å²) in [5, 5.41) is 0. The van der Waals surface area contributed by atoms with Crippen molar-refractivity contribution >= 4 is 11.6 Å². The molecule has 4 aromatic rings. The molecule has 0 saturated carbocycles. The average Bonchev–Trinajstić information content (AvgIpc) is 3.92. The van der Waals surface area contributed by atoms with Crippen molar-refractivity contribution < 1.29 is 33.3 Å². The molecule has 296 valence electrons. The minimum atomic E-state index is 0.0625. The Bertz CT molecular complexity index is 2030. The van der Waals surface area contributed by atoms with E-state index in [0.717, 1.165) is 151 Å². The highest BCUT2D eigenvalue weighted by atomic mass is 16.5. The first-order chi connectivity index (χ1) is 27.4. The first-order valence-electron chi connectivity index (χ1n) is 20.6. The topological polar surface area (TPSA) is 86.8 Å². The van der Waals surface area contributed by atoms with Crippen molar-refractivity contribution in [3.8, 4) is 45.3 Å². The smallest absolute Gasteiger partial charge is 0.194 e. The molecule has 9 nitrogen and oxygen atoms in total. The Labute approximate surface area is 331 Å². The lowest BCUT2D eigenvalue weighted by molar-refractivity contribution is 0.0323. The third-order valence-corrected chi connectivity index (χ3v) is 11.1. The van der Waals surface area contributed by atoms with Crippen LogP contribution in [-0.4, -0.2) is 101 Å². The standard InChI is InChI=1S/C24H29NO4.C23H27NO3/c1-3-6-17-15-19-23(21(16-17)28-4-2)22-18(24(19)26)7-5-8-20(22)29-14-11-25-9-12-27-13-10-25;1-3-7-16-14-18-22(20(15-16)26-2)21-17(23(18)25)8-6-9-19(21)27-13-12-24-10-4-5-11-24/h5,7-8,15-16H,3-4,6,9-14H2,1-2H3;6,8-9,14-15H,3-5,7,10-13H2,1-2H3. The number of ketones is 2. The second-order valence-corrected chi connectivity index (χ2v) is 14.9. The second-order valence-electron chi connectivity index (χ2n) is 14.9. The molecule has 4 aromatic carbocycles. The van der Waals surface area contributed by atoms with Crippen LogP contribution in [0.5, 0.6) is 23.0 Å². The summed E-state index contributed by atoms with van der Waals surface area (Å²) in [5.41, 5.74) is 8.72. The van der Waals surface area contributed by atoms with Gasteiger partial charge in [0.05, 0.1) is 26.9 Å². The number of rotatable bonds is 15. The van der Waals surface area contributed by atoms with Gasteiger partial charge in [0.1, 0.15) is 36.2 Å². The van der Waals surface area contributed by atoms with E-state index < -0.39 is 0 Å². The zero-order valence-corrected chi connectivity index (χ0v) is 33.5. The van der Waals surface area contributed by atoms with Crippen molar-refractivity contribution in [2.45, 2.75) is 59.3 Å². The maximum atomic E-state index is 13.1. The molecular weight excluding hydrogens is 705 g/mol. The normalized spacial score (nSPS) is 15.8. The van der Waals surface area contributed by atoms with Crippen LogP contribution >= 0.6 is 0 Å². The van der Waals surface area contributed by atoms with E-state index in [-0.39, 0.29) is 11.6 Å². The van der Waals surface area contributed by atoms with Crippen LogP contribution < -0.4 is 18.9 Å². The Hall–Kier alpha value is -4.70. The van der Waals surface area contributed by atoms with Crippen LogP contribution in [0, 0.1) is 0 Å². The van der Waals surface area contributed by atoms with Gasteiger partial charge < -0.3 is 23.7 Å². The van der Waals surface area contributed by atoms with Crippen LogP contribution in [-0.2, 0) is 17.6 Å². The molecule has 2 heterocycles. The number of carbonyl (C=O) groups excluding carboxylic acids is 2. The highest BCUT2D eigenvalue weighted by molar-refractivity contribution is 6.24. The maximum Gasteiger partial charge on any atom is 0.194 e. The molecule has 2 fully saturated rings. The Morgan fingerprint density at radius 2 is 1.05 bits per heavy atom. The fourth-order valence-corrected chi connectivity index (χ4v) is 8.40. The van der Waals surface area contributed by atoms with E-state index in [2.05, 4.69) is 35.8 Å². The maximum absolute atomic E-state index is 13.1. The van der Waals surface area contributed by atoms with Gasteiger partial charge >= 0.3 is 0 Å². The Morgan fingerprint density at radius 1 is 0.571 bits per heavy atom. The minimum absolute atomic E-state index is 0.0625. The van der Waals surface area contributed by atoms with Crippen LogP contribution in [0.2, 0.25) is 0 Å². The number of aryl methyl sites for hydroxylation is 2. The molecule has 2 aliphatic heterocycles. The zero-order chi connectivity index (χ0) is 39.0. The minimum Gasteiger partial charge on any atom is -0.496 e. The van der Waals surface area contributed by atoms with Crippen LogP contribution in [0.1, 0.15) is 89.4 Å². The molecule has 0 amide bonds. The molecule has 0 atom stereocenters. The van der Waals surface area contributed by atoms with Gasteiger partial charge in [0.25, 0.3) is 0 Å². The monoisotopic (exact) mass is 760 g/mol. The number of morpholine rings is 1. The molecule has 2 saturated heterocycles. The van der Waals surface area contributed by atoms with Gasteiger partial charge in [-0.1, -0.05) is 51.0 Å². The van der Waals surface area contributed by atoms with Crippen molar-refractivity contribution in [3.05, 3.63) is 94.0 Å². The van der Waals surface area contributed by atoms with E-state index >= 15 is 0 Å². The number of benzene rings is 4. The summed E-state index contributed by atoms with van der Waals surface area (Å²) in [6, 6.07) is 19.7. The van der Waals surface area contributed by atoms with Crippen molar-refractivity contribution in [1.29, 1.82) is 0 Å². The summed E-state index contributed by atoms with van der Waals surface area (Å²) in [5.74, 6) is 3.21. The van der Waals surface area contributed by atoms with E-state index in [1.54, 1.807) is 7.11 Å². The average molecular weight is 761 g/mol. The lowest BCUT2D eigenvalue weighted by Crippen LogP contribution is -2.38. The number of carbonyl (C=O) groups is 2. The number of likely N-dealkylation sites (tertiary alicyclic amines) is 1. The molecule has 9 heteroatoms.